The van der Waals surface area contributed by atoms with Crippen LogP contribution >= 0.6 is 15.6 Å². The van der Waals surface area contributed by atoms with E-state index < -0.39 is 95.8 Å². The van der Waals surface area contributed by atoms with Gasteiger partial charge in [0.2, 0.25) is 0 Å². The lowest BCUT2D eigenvalue weighted by Gasteiger charge is -2.27. The number of ether oxygens (including phenoxy) is 4. The van der Waals surface area contributed by atoms with E-state index in [1.54, 1.807) is 6.07 Å². The van der Waals surface area contributed by atoms with E-state index in [1.165, 1.54) is 18.0 Å². The van der Waals surface area contributed by atoms with Gasteiger partial charge in [-0.2, -0.15) is 5.26 Å². The number of H-pyrrole nitrogens is 1. The van der Waals surface area contributed by atoms with Crippen molar-refractivity contribution in [3.63, 3.8) is 0 Å². The van der Waals surface area contributed by atoms with Crippen molar-refractivity contribution >= 4 is 32.6 Å². The first-order chi connectivity index (χ1) is 24.2. The Kier molecular flexibility index (Phi) is 12.5. The molecule has 26 heteroatoms. The second-order valence-electron chi connectivity index (χ2n) is 10.9. The first-order valence-electron chi connectivity index (χ1n) is 14.9. The van der Waals surface area contributed by atoms with Gasteiger partial charge in [-0.3, -0.25) is 37.0 Å². The van der Waals surface area contributed by atoms with E-state index in [-0.39, 0.29) is 36.6 Å². The number of imidazole rings is 1. The van der Waals surface area contributed by atoms with Crippen molar-refractivity contribution in [2.45, 2.75) is 55.5 Å². The number of hydrogen-bond donors (Lipinski definition) is 6. The van der Waals surface area contributed by atoms with Crippen molar-refractivity contribution in [3.05, 3.63) is 45.8 Å². The van der Waals surface area contributed by atoms with Gasteiger partial charge in [0.25, 0.3) is 5.56 Å². The van der Waals surface area contributed by atoms with Crippen LogP contribution in [0.5, 0.6) is 0 Å². The number of aliphatic hydroxyl groups excluding tert-OH is 2. The lowest BCUT2D eigenvalue weighted by Crippen LogP contribution is -2.39. The molecule has 2 saturated heterocycles. The first kappa shape index (κ1) is 38.7. The highest BCUT2D eigenvalue weighted by Gasteiger charge is 2.52. The molecular formula is C25H34N8O16P2. The number of aliphatic hydroxyl groups is 2. The van der Waals surface area contributed by atoms with E-state index >= 15 is 0 Å². The van der Waals surface area contributed by atoms with Crippen LogP contribution in [0, 0.1) is 11.3 Å². The number of anilines is 1. The third kappa shape index (κ3) is 9.12. The minimum Gasteiger partial charge on any atom is -0.387 e. The summed E-state index contributed by atoms with van der Waals surface area (Å²) in [5.74, 6) is 0.0272. The molecule has 3 aromatic rings. The van der Waals surface area contributed by atoms with Gasteiger partial charge in [-0.15, -0.1) is 0 Å². The van der Waals surface area contributed by atoms with E-state index in [9.17, 15) is 38.7 Å². The Bertz CT molecular complexity index is 1920. The standard InChI is InChI=1S/C25H34N8O16P2/c1-42-7-8-43-20-19(49-51(40,41)46-9-13-17(35)18(36)23(47-13)32-5-3-15(34)31-25(32)37)14(10-45-50(38,39)44-6-2-4-26)48-24(20)33-12-30-16-21(27)28-11-29-22(16)33/h3,5,11-14,17-20,23-24,35-36H,2,6-10H2,1H3,(H,38,39)(H,40,41)(H2,27,28,29)(H,31,34,37)/t13-,14-,17?,18?,19?,20?,23-,24-/m1/s1. The number of nitrogens with one attached hydrogen (secondary N) is 1. The summed E-state index contributed by atoms with van der Waals surface area (Å²) in [6, 6.07) is 2.72. The molecule has 280 valence electrons. The summed E-state index contributed by atoms with van der Waals surface area (Å²) in [5, 5.41) is 29.8. The number of fused-ring (bicyclic) bond motifs is 1. The van der Waals surface area contributed by atoms with Crippen molar-refractivity contribution in [3.8, 4) is 6.07 Å². The van der Waals surface area contributed by atoms with Crippen molar-refractivity contribution < 1.29 is 66.2 Å². The summed E-state index contributed by atoms with van der Waals surface area (Å²) in [7, 11) is -8.59. The molecule has 0 amide bonds. The maximum absolute atomic E-state index is 13.4. The summed E-state index contributed by atoms with van der Waals surface area (Å²) in [6.45, 7) is -2.17. The smallest absolute Gasteiger partial charge is 0.387 e. The maximum atomic E-state index is 13.4. The fraction of sp³-hybridized carbons (Fsp3) is 0.600. The molecule has 2 aliphatic heterocycles. The van der Waals surface area contributed by atoms with Crippen LogP contribution in [-0.2, 0) is 46.2 Å². The van der Waals surface area contributed by atoms with Crippen LogP contribution in [-0.4, -0.2) is 126 Å². The van der Waals surface area contributed by atoms with Gasteiger partial charge in [-0.25, -0.2) is 28.9 Å². The molecule has 5 heterocycles. The number of rotatable bonds is 17. The molecule has 2 aliphatic rings. The quantitative estimate of drug-likeness (QED) is 0.0643. The Labute approximate surface area is 286 Å². The summed E-state index contributed by atoms with van der Waals surface area (Å²) < 4.78 is 71.2. The zero-order valence-electron chi connectivity index (χ0n) is 26.5. The average Bonchev–Trinajstić information content (AvgIpc) is 3.74. The second kappa shape index (κ2) is 16.4. The van der Waals surface area contributed by atoms with Gasteiger partial charge >= 0.3 is 21.3 Å². The van der Waals surface area contributed by atoms with Crippen molar-refractivity contribution in [1.29, 1.82) is 5.26 Å². The summed E-state index contributed by atoms with van der Waals surface area (Å²) >= 11 is 0. The molecule has 0 aromatic carbocycles. The topological polar surface area (TPSA) is 337 Å². The SMILES string of the molecule is COCCOC1C(OP(=O)(O)OC[C@H]2O[C@@H](n3ccc(=O)[nH]c3=O)C(O)C2O)[C@@H](COP(=O)(O)OCCC#N)O[C@H]1n1cnc2c(N)ncnc21. The number of nitriles is 1. The highest BCUT2D eigenvalue weighted by molar-refractivity contribution is 7.47. The Hall–Kier alpha value is -3.50. The molecule has 0 saturated carbocycles. The van der Waals surface area contributed by atoms with Gasteiger partial charge in [-0.05, 0) is 0 Å². The minimum atomic E-state index is -5.21. The number of methoxy groups -OCH3 is 1. The first-order valence-corrected chi connectivity index (χ1v) is 17.9. The van der Waals surface area contributed by atoms with Crippen molar-refractivity contribution in [1.82, 2.24) is 29.1 Å². The minimum absolute atomic E-state index is 0.0272. The highest BCUT2D eigenvalue weighted by atomic mass is 31.2. The molecule has 6 unspecified atom stereocenters. The van der Waals surface area contributed by atoms with Crippen LogP contribution in [0.2, 0.25) is 0 Å². The fourth-order valence-corrected chi connectivity index (χ4v) is 6.87. The number of nitrogens with zero attached hydrogens (tertiary/aromatic N) is 6. The van der Waals surface area contributed by atoms with Gasteiger partial charge in [0, 0.05) is 19.4 Å². The number of phosphoric ester groups is 2. The van der Waals surface area contributed by atoms with Crippen LogP contribution in [0.15, 0.2) is 34.5 Å². The van der Waals surface area contributed by atoms with Gasteiger partial charge in [0.15, 0.2) is 23.9 Å². The molecule has 0 aliphatic carbocycles. The second-order valence-corrected chi connectivity index (χ2v) is 13.7. The van der Waals surface area contributed by atoms with E-state index in [0.29, 0.717) is 0 Å². The van der Waals surface area contributed by atoms with E-state index in [0.717, 1.165) is 23.2 Å². The lowest BCUT2D eigenvalue weighted by molar-refractivity contribution is -0.0796. The van der Waals surface area contributed by atoms with Crippen LogP contribution < -0.4 is 17.0 Å². The monoisotopic (exact) mass is 764 g/mol. The van der Waals surface area contributed by atoms with E-state index in [1.807, 2.05) is 4.98 Å². The molecule has 0 bridgehead atoms. The van der Waals surface area contributed by atoms with E-state index in [4.69, 9.17) is 48.0 Å². The zero-order valence-corrected chi connectivity index (χ0v) is 28.3. The molecular weight excluding hydrogens is 730 g/mol. The number of aromatic amines is 1. The zero-order chi connectivity index (χ0) is 36.9. The Morgan fingerprint density at radius 1 is 0.961 bits per heavy atom. The van der Waals surface area contributed by atoms with Gasteiger partial charge in [0.05, 0.1) is 51.9 Å². The number of nitrogens with two attached hydrogens (primary N) is 1. The van der Waals surface area contributed by atoms with Crippen LogP contribution in [0.4, 0.5) is 5.82 Å². The van der Waals surface area contributed by atoms with Crippen molar-refractivity contribution in [2.24, 2.45) is 0 Å². The largest absolute Gasteiger partial charge is 0.472 e. The van der Waals surface area contributed by atoms with Crippen LogP contribution in [0.3, 0.4) is 0 Å². The predicted molar refractivity (Wildman–Crippen MR) is 165 cm³/mol. The fourth-order valence-electron chi connectivity index (χ4n) is 5.18. The molecule has 2 fully saturated rings. The van der Waals surface area contributed by atoms with E-state index in [2.05, 4.69) is 15.0 Å². The Balaban J connectivity index is 1.38. The molecule has 5 rings (SSSR count). The number of nitrogen functional groups attached to an aromatic ring is 1. The Morgan fingerprint density at radius 3 is 2.41 bits per heavy atom. The molecule has 24 nitrogen and oxygen atoms in total. The Morgan fingerprint density at radius 2 is 1.69 bits per heavy atom. The molecule has 0 radical (unpaired) electrons. The molecule has 3 aromatic heterocycles. The number of phosphoric acid groups is 2. The molecule has 10 atom stereocenters. The third-order valence-electron chi connectivity index (χ3n) is 7.53. The van der Waals surface area contributed by atoms with Crippen molar-refractivity contribution in [2.75, 3.05) is 45.9 Å². The van der Waals surface area contributed by atoms with Crippen LogP contribution in [0.1, 0.15) is 18.9 Å². The molecule has 0 spiro atoms. The predicted octanol–water partition coefficient (Wildman–Crippen LogP) is -1.94. The van der Waals surface area contributed by atoms with Gasteiger partial charge in [-0.1, -0.05) is 0 Å². The summed E-state index contributed by atoms with van der Waals surface area (Å²) in [5.41, 5.74) is 4.59. The number of hydrogen-bond acceptors (Lipinski definition) is 19. The average molecular weight is 765 g/mol. The normalized spacial score (nSPS) is 28.8. The summed E-state index contributed by atoms with van der Waals surface area (Å²) in [4.78, 5) is 58.9. The lowest BCUT2D eigenvalue weighted by atomic mass is 10.1. The van der Waals surface area contributed by atoms with Gasteiger partial charge in [0.1, 0.15) is 48.5 Å². The molecule has 7 N–H and O–H groups in total. The highest BCUT2D eigenvalue weighted by Crippen LogP contribution is 2.51. The van der Waals surface area contributed by atoms with Crippen LogP contribution in [0.25, 0.3) is 11.2 Å². The third-order valence-corrected chi connectivity index (χ3v) is 9.50. The summed E-state index contributed by atoms with van der Waals surface area (Å²) in [6.07, 6.45) is -8.88. The maximum Gasteiger partial charge on any atom is 0.472 e. The number of aromatic nitrogens is 6. The van der Waals surface area contributed by atoms with Gasteiger partial charge < -0.3 is 44.7 Å². The molecule has 51 heavy (non-hydrogen) atoms.